The number of thiol groups is 1. The van der Waals surface area contributed by atoms with Gasteiger partial charge in [-0.3, -0.25) is 96.1 Å². The summed E-state index contributed by atoms with van der Waals surface area (Å²) in [5.41, 5.74) is 11.5. The largest absolute Gasteiger partial charge is 0.481 e. The number of aliphatic hydroxyl groups is 3. The van der Waals surface area contributed by atoms with Crippen LogP contribution >= 0.6 is 12.6 Å². The number of likely N-dealkylation sites (tertiary alicyclic amines) is 1. The first kappa shape index (κ1) is 120. The molecular formula is C90H149N21O26S. The number of guanidine groups is 1. The first-order valence-electron chi connectivity index (χ1n) is 46.9. The highest BCUT2D eigenvalue weighted by molar-refractivity contribution is 7.80. The van der Waals surface area contributed by atoms with E-state index in [1.165, 1.54) is 11.8 Å². The van der Waals surface area contributed by atoms with Crippen LogP contribution in [0.15, 0.2) is 35.3 Å². The second-order valence-corrected chi connectivity index (χ2v) is 37.7. The van der Waals surface area contributed by atoms with E-state index in [1.54, 1.807) is 120 Å². The summed E-state index contributed by atoms with van der Waals surface area (Å²) in [5, 5.41) is 105. The second kappa shape index (κ2) is 60.7. The van der Waals surface area contributed by atoms with Crippen molar-refractivity contribution in [3.63, 3.8) is 0 Å². The van der Waals surface area contributed by atoms with Gasteiger partial charge in [0.2, 0.25) is 100 Å². The molecule has 48 heteroatoms. The van der Waals surface area contributed by atoms with Crippen LogP contribution in [0, 0.1) is 41.4 Å². The van der Waals surface area contributed by atoms with Crippen molar-refractivity contribution in [2.45, 2.75) is 315 Å². The van der Waals surface area contributed by atoms with Crippen molar-refractivity contribution < 1.29 is 127 Å². The maximum Gasteiger partial charge on any atom is 0.326 e. The van der Waals surface area contributed by atoms with Gasteiger partial charge in [-0.05, 0) is 138 Å². The molecule has 138 heavy (non-hydrogen) atoms. The molecule has 2 saturated heterocycles. The van der Waals surface area contributed by atoms with Crippen molar-refractivity contribution in [1.29, 1.82) is 0 Å². The predicted octanol–water partition coefficient (Wildman–Crippen LogP) is -4.93. The van der Waals surface area contributed by atoms with Crippen molar-refractivity contribution in [2.24, 2.45) is 57.9 Å². The summed E-state index contributed by atoms with van der Waals surface area (Å²) >= 11 is 4.29. The zero-order chi connectivity index (χ0) is 104. The summed E-state index contributed by atoms with van der Waals surface area (Å²) in [4.78, 5) is 282. The third kappa shape index (κ3) is 42.6. The Balaban J connectivity index is 1.84. The summed E-state index contributed by atoms with van der Waals surface area (Å²) in [7, 11) is 0. The fourth-order valence-corrected chi connectivity index (χ4v) is 15.4. The van der Waals surface area contributed by atoms with E-state index < -0.39 is 290 Å². The molecule has 1 aromatic carbocycles. The van der Waals surface area contributed by atoms with Gasteiger partial charge in [0.25, 0.3) is 0 Å². The highest BCUT2D eigenvalue weighted by atomic mass is 32.1. The molecule has 0 radical (unpaired) electrons. The molecule has 17 amide bonds. The van der Waals surface area contributed by atoms with Crippen LogP contribution in [0.4, 0.5) is 0 Å². The van der Waals surface area contributed by atoms with Gasteiger partial charge in [-0.15, -0.1) is 0 Å². The molecule has 1 aromatic rings. The molecule has 19 atom stereocenters. The van der Waals surface area contributed by atoms with Crippen molar-refractivity contribution >= 4 is 137 Å². The summed E-state index contributed by atoms with van der Waals surface area (Å²) in [6, 6.07) is -17.3. The fraction of sp³-hybridized carbons (Fsp3) is 0.700. The van der Waals surface area contributed by atoms with Gasteiger partial charge in [0.1, 0.15) is 96.7 Å². The number of aliphatic imine (C=N–C) groups is 1. The lowest BCUT2D eigenvalue weighted by Gasteiger charge is -2.32. The molecule has 776 valence electrons. The quantitative estimate of drug-likeness (QED) is 0.0126. The van der Waals surface area contributed by atoms with E-state index in [-0.39, 0.29) is 107 Å². The van der Waals surface area contributed by atoms with Crippen LogP contribution in [0.5, 0.6) is 0 Å². The Morgan fingerprint density at radius 2 is 0.870 bits per heavy atom. The Bertz CT molecular complexity index is 4310. The Labute approximate surface area is 809 Å². The molecule has 2 heterocycles. The topological polar surface area (TPSA) is 735 Å². The third-order valence-corrected chi connectivity index (χ3v) is 23.0. The number of hydrogen-bond acceptors (Lipinski definition) is 26. The van der Waals surface area contributed by atoms with Crippen molar-refractivity contribution in [3.8, 4) is 0 Å². The number of aliphatic carboxylic acids is 3. The van der Waals surface area contributed by atoms with Crippen molar-refractivity contribution in [3.05, 3.63) is 35.9 Å². The van der Waals surface area contributed by atoms with Gasteiger partial charge in [-0.1, -0.05) is 134 Å². The summed E-state index contributed by atoms with van der Waals surface area (Å²) < 4.78 is 0. The monoisotopic (exact) mass is 1970 g/mol. The number of hydrogen-bond donors (Lipinski definition) is 26. The summed E-state index contributed by atoms with van der Waals surface area (Å²) in [6.07, 6.45) is -2.78. The maximum absolute atomic E-state index is 14.7. The Hall–Kier alpha value is -11.9. The Morgan fingerprint density at radius 1 is 0.449 bits per heavy atom. The number of nitrogens with one attached hydrogen (secondary N) is 17. The number of carboxylic acid groups (broad SMARTS) is 3. The van der Waals surface area contributed by atoms with E-state index >= 15 is 0 Å². The lowest BCUT2D eigenvalue weighted by atomic mass is 9.96. The first-order chi connectivity index (χ1) is 64.8. The lowest BCUT2D eigenvalue weighted by molar-refractivity contribution is -0.146. The van der Waals surface area contributed by atoms with Crippen LogP contribution in [-0.4, -0.2) is 314 Å². The molecule has 2 aliphatic rings. The van der Waals surface area contributed by atoms with E-state index in [0.29, 0.717) is 24.9 Å². The lowest BCUT2D eigenvalue weighted by Crippen LogP contribution is -2.63. The molecule has 2 fully saturated rings. The average molecular weight is 1970 g/mol. The minimum atomic E-state index is -2.05. The zero-order valence-corrected chi connectivity index (χ0v) is 82.3. The number of benzene rings is 1. The van der Waals surface area contributed by atoms with Crippen LogP contribution in [0.1, 0.15) is 206 Å². The molecule has 0 saturated carbocycles. The third-order valence-electron chi connectivity index (χ3n) is 22.7. The van der Waals surface area contributed by atoms with Crippen molar-refractivity contribution in [1.82, 2.24) is 95.3 Å². The van der Waals surface area contributed by atoms with Crippen LogP contribution in [-0.2, 0) is 102 Å². The van der Waals surface area contributed by atoms with Gasteiger partial charge < -0.3 is 137 Å². The molecule has 0 spiro atoms. The van der Waals surface area contributed by atoms with Crippen LogP contribution in [0.25, 0.3) is 0 Å². The fourth-order valence-electron chi connectivity index (χ4n) is 15.1. The number of carbonyl (C=O) groups excluding carboxylic acids is 17. The van der Waals surface area contributed by atoms with Crippen molar-refractivity contribution in [2.75, 3.05) is 45.1 Å². The molecule has 3 rings (SSSR count). The van der Waals surface area contributed by atoms with E-state index in [0.717, 1.165) is 13.3 Å². The number of carboxylic acids is 3. The first-order valence-corrected chi connectivity index (χ1v) is 47.5. The summed E-state index contributed by atoms with van der Waals surface area (Å²) in [5.74, 6) is -24.7. The van der Waals surface area contributed by atoms with Gasteiger partial charge >= 0.3 is 17.9 Å². The molecular weight excluding hydrogens is 1820 g/mol. The van der Waals surface area contributed by atoms with Crippen LogP contribution in [0.3, 0.4) is 0 Å². The number of rotatable bonds is 62. The molecule has 0 bridgehead atoms. The van der Waals surface area contributed by atoms with E-state index in [1.807, 2.05) is 0 Å². The maximum atomic E-state index is 14.7. The average Bonchev–Trinajstić information content (AvgIpc) is 1.76. The number of aliphatic hydroxyl groups excluding tert-OH is 3. The van der Waals surface area contributed by atoms with E-state index in [2.05, 4.69) is 108 Å². The molecule has 47 nitrogen and oxygen atoms in total. The van der Waals surface area contributed by atoms with Gasteiger partial charge in [0.15, 0.2) is 5.96 Å². The van der Waals surface area contributed by atoms with E-state index in [9.17, 15) is 127 Å². The standard InChI is InChI=1S/C90H149N21O26S/c1-16-50(14)71(86(133)103-61(39-69(118)119)80(127)104-62(37-48(10)11)88(135)111-32-22-27-66(111)85(132)108-70(49(12)13)89(136)137)109-75(122)55(28-29-68(116)117)98-82(129)64(42-113)106-87(134)72(51(15)114)110-81(128)59(36-47(8)9)101-77(124)57(34-45(4)5)99-76(123)56(33-44(2)3)100-78(125)58(35-46(6)7)102-84(131)65(43-138)107-83(130)63(41-112)105-79(126)60(38-52-23-18-17-19-24-52)96-67(115)40-95-73(120)54(26-21-31-94-90(91)92)97-74(121)53-25-20-30-93-53/h17-19,23-24,44-51,53-66,70-72,93,112-114,138H,16,20-22,25-43H2,1-15H3,(H,95,120)(H,96,115)(H,97,121)(H,98,129)(H,99,123)(H,100,125)(H,101,124)(H,102,131)(H,103,133)(H,104,127)(H,105,126)(H,106,134)(H,107,130)(H,108,132)(H,109,122)(H,110,128)(H,116,117)(H,118,119)(H,136,137)(H4,91,92,94)/t50-,51+,53-,54-,55-,56-,57-,58-,59-,60-,61-,62-,63-,64-,65-,66-,70-,71-,72-/m0/s1. The van der Waals surface area contributed by atoms with Gasteiger partial charge in [0, 0.05) is 31.7 Å². The number of carbonyl (C=O) groups is 20. The highest BCUT2D eigenvalue weighted by Gasteiger charge is 2.44. The van der Waals surface area contributed by atoms with Gasteiger partial charge in [-0.2, -0.15) is 12.6 Å². The SMILES string of the molecule is CC[C@H](C)[C@H](NC(=O)[C@H](CCC(=O)O)NC(=O)[C@H](CO)NC(=O)[C@@H](NC(=O)[C@H](CC(C)C)NC(=O)[C@H](CC(C)C)NC(=O)[C@H](CC(C)C)NC(=O)[C@H](CC(C)C)NC(=O)[C@H](CS)NC(=O)[C@H](CO)NC(=O)[C@H](Cc1ccccc1)NC(=O)CNC(=O)[C@H](CCCN=C(N)N)NC(=O)[C@@H]1CCCN1)[C@@H](C)O)C(=O)N[C@@H](CC(=O)O)C(=O)N[C@@H](CC(C)C)C(=O)N1CCC[C@H]1C(=O)N[C@H](C(=O)O)C(C)C. The van der Waals surface area contributed by atoms with Gasteiger partial charge in [-0.25, -0.2) is 4.79 Å². The smallest absolute Gasteiger partial charge is 0.326 e. The van der Waals surface area contributed by atoms with E-state index in [4.69, 9.17) is 11.5 Å². The Kier molecular flexibility index (Phi) is 52.9. The molecule has 0 aromatic heterocycles. The molecule has 2 aliphatic heterocycles. The number of nitrogens with two attached hydrogens (primary N) is 2. The Morgan fingerprint density at radius 3 is 1.32 bits per heavy atom. The number of amides is 17. The predicted molar refractivity (Wildman–Crippen MR) is 506 cm³/mol. The minimum Gasteiger partial charge on any atom is -0.481 e. The number of nitrogens with zero attached hydrogens (tertiary/aromatic N) is 2. The normalized spacial score (nSPS) is 17.3. The van der Waals surface area contributed by atoms with Crippen LogP contribution in [0.2, 0.25) is 0 Å². The zero-order valence-electron chi connectivity index (χ0n) is 81.4. The second-order valence-electron chi connectivity index (χ2n) is 37.4. The van der Waals surface area contributed by atoms with Gasteiger partial charge in [0.05, 0.1) is 38.3 Å². The van der Waals surface area contributed by atoms with Crippen LogP contribution < -0.4 is 102 Å². The minimum absolute atomic E-state index is 0.0333. The summed E-state index contributed by atoms with van der Waals surface area (Å²) in [6.45, 7) is 22.2. The molecule has 0 unspecified atom stereocenters. The molecule has 0 aliphatic carbocycles. The highest BCUT2D eigenvalue weighted by Crippen LogP contribution is 2.23. The molecule has 27 N–H and O–H groups in total.